The van der Waals surface area contributed by atoms with E-state index in [-0.39, 0.29) is 6.10 Å². The molecule has 0 aromatic carbocycles. The molecule has 0 aromatic rings. The summed E-state index contributed by atoms with van der Waals surface area (Å²) in [7, 11) is 0. The highest BCUT2D eigenvalue weighted by Gasteiger charge is 2.07. The Hall–Kier alpha value is -0.560. The van der Waals surface area contributed by atoms with Crippen molar-refractivity contribution < 1.29 is 4.74 Å². The Morgan fingerprint density at radius 1 is 1.58 bits per heavy atom. The van der Waals surface area contributed by atoms with Crippen LogP contribution in [0.3, 0.4) is 0 Å². The summed E-state index contributed by atoms with van der Waals surface area (Å²) in [5.41, 5.74) is 1.34. The fourth-order valence-electron chi connectivity index (χ4n) is 1.28. The second-order valence-corrected chi connectivity index (χ2v) is 3.21. The van der Waals surface area contributed by atoms with Gasteiger partial charge in [0.05, 0.1) is 6.10 Å². The Morgan fingerprint density at radius 2 is 2.42 bits per heavy atom. The average molecular weight is 166 g/mol. The van der Waals surface area contributed by atoms with E-state index in [1.165, 1.54) is 18.4 Å². The molecule has 0 amide bonds. The van der Waals surface area contributed by atoms with Gasteiger partial charge in [-0.05, 0) is 25.3 Å². The van der Waals surface area contributed by atoms with Crippen LogP contribution in [-0.4, -0.2) is 12.7 Å². The summed E-state index contributed by atoms with van der Waals surface area (Å²) in [6, 6.07) is 0. The average Bonchev–Trinajstić information content (AvgIpc) is 2.56. The van der Waals surface area contributed by atoms with Crippen molar-refractivity contribution in [2.24, 2.45) is 0 Å². The van der Waals surface area contributed by atoms with E-state index in [4.69, 9.17) is 4.74 Å². The highest BCUT2D eigenvalue weighted by molar-refractivity contribution is 5.28. The van der Waals surface area contributed by atoms with E-state index in [2.05, 4.69) is 32.1 Å². The quantitative estimate of drug-likeness (QED) is 0.570. The Bertz CT molecular complexity index is 179. The van der Waals surface area contributed by atoms with Gasteiger partial charge < -0.3 is 4.74 Å². The third kappa shape index (κ3) is 2.82. The van der Waals surface area contributed by atoms with E-state index in [0.29, 0.717) is 0 Å². The molecule has 1 rings (SSSR count). The normalized spacial score (nSPS) is 18.0. The van der Waals surface area contributed by atoms with Crippen LogP contribution in [0.25, 0.3) is 0 Å². The third-order valence-corrected chi connectivity index (χ3v) is 2.14. The number of rotatable bonds is 5. The predicted molar refractivity (Wildman–Crippen MR) is 52.2 cm³/mol. The van der Waals surface area contributed by atoms with Crippen molar-refractivity contribution in [1.29, 1.82) is 0 Å². The van der Waals surface area contributed by atoms with E-state index >= 15 is 0 Å². The third-order valence-electron chi connectivity index (χ3n) is 2.14. The Labute approximate surface area is 75.1 Å². The van der Waals surface area contributed by atoms with Gasteiger partial charge in [-0.15, -0.1) is 0 Å². The monoisotopic (exact) mass is 166 g/mol. The van der Waals surface area contributed by atoms with Gasteiger partial charge >= 0.3 is 0 Å². The van der Waals surface area contributed by atoms with Crippen molar-refractivity contribution in [2.45, 2.75) is 39.2 Å². The van der Waals surface area contributed by atoms with E-state index < -0.39 is 0 Å². The molecule has 1 atom stereocenters. The lowest BCUT2D eigenvalue weighted by molar-refractivity contribution is 0.0898. The summed E-state index contributed by atoms with van der Waals surface area (Å²) in [4.78, 5) is 0. The SMILES string of the molecule is CCCCOC(C)C1=CCC=C1. The van der Waals surface area contributed by atoms with Crippen LogP contribution >= 0.6 is 0 Å². The van der Waals surface area contributed by atoms with Crippen LogP contribution in [0.15, 0.2) is 23.8 Å². The van der Waals surface area contributed by atoms with Crippen LogP contribution in [-0.2, 0) is 4.74 Å². The zero-order valence-corrected chi connectivity index (χ0v) is 8.05. The molecule has 0 fully saturated rings. The fraction of sp³-hybridized carbons (Fsp3) is 0.636. The van der Waals surface area contributed by atoms with Crippen LogP contribution < -0.4 is 0 Å². The molecule has 1 unspecified atom stereocenters. The lowest BCUT2D eigenvalue weighted by Crippen LogP contribution is -2.10. The van der Waals surface area contributed by atoms with Gasteiger partial charge in [0.25, 0.3) is 0 Å². The lowest BCUT2D eigenvalue weighted by Gasteiger charge is -2.12. The minimum Gasteiger partial charge on any atom is -0.374 e. The summed E-state index contributed by atoms with van der Waals surface area (Å²) in [6.45, 7) is 5.20. The number of allylic oxidation sites excluding steroid dienone is 2. The lowest BCUT2D eigenvalue weighted by atomic mass is 10.2. The fourth-order valence-corrected chi connectivity index (χ4v) is 1.28. The van der Waals surface area contributed by atoms with Crippen LogP contribution in [0.4, 0.5) is 0 Å². The standard InChI is InChI=1S/C11H18O/c1-3-4-9-12-10(2)11-7-5-6-8-11/h5,7-8,10H,3-4,6,9H2,1-2H3. The number of ether oxygens (including phenoxy) is 1. The second-order valence-electron chi connectivity index (χ2n) is 3.21. The molecular formula is C11H18O. The predicted octanol–water partition coefficient (Wildman–Crippen LogP) is 3.08. The molecule has 0 aromatic heterocycles. The van der Waals surface area contributed by atoms with Crippen molar-refractivity contribution in [2.75, 3.05) is 6.61 Å². The molecule has 1 aliphatic rings. The van der Waals surface area contributed by atoms with Crippen molar-refractivity contribution >= 4 is 0 Å². The van der Waals surface area contributed by atoms with Gasteiger partial charge in [0.2, 0.25) is 0 Å². The summed E-state index contributed by atoms with van der Waals surface area (Å²) in [5.74, 6) is 0. The molecule has 0 radical (unpaired) electrons. The van der Waals surface area contributed by atoms with Crippen LogP contribution in [0, 0.1) is 0 Å². The zero-order valence-electron chi connectivity index (χ0n) is 8.05. The molecule has 68 valence electrons. The minimum atomic E-state index is 0.287. The zero-order chi connectivity index (χ0) is 8.81. The molecule has 0 heterocycles. The molecular weight excluding hydrogens is 148 g/mol. The van der Waals surface area contributed by atoms with Crippen LogP contribution in [0.5, 0.6) is 0 Å². The molecule has 12 heavy (non-hydrogen) atoms. The minimum absolute atomic E-state index is 0.287. The summed E-state index contributed by atoms with van der Waals surface area (Å²) >= 11 is 0. The first-order valence-electron chi connectivity index (χ1n) is 4.82. The Morgan fingerprint density at radius 3 is 3.00 bits per heavy atom. The molecule has 0 saturated carbocycles. The first kappa shape index (κ1) is 9.53. The molecule has 1 heteroatoms. The molecule has 0 N–H and O–H groups in total. The Kier molecular flexibility index (Phi) is 4.09. The smallest absolute Gasteiger partial charge is 0.0793 e. The summed E-state index contributed by atoms with van der Waals surface area (Å²) in [6.07, 6.45) is 10.3. The summed E-state index contributed by atoms with van der Waals surface area (Å²) in [5, 5.41) is 0. The molecule has 1 aliphatic carbocycles. The van der Waals surface area contributed by atoms with Crippen molar-refractivity contribution in [1.82, 2.24) is 0 Å². The summed E-state index contributed by atoms with van der Waals surface area (Å²) < 4.78 is 5.65. The highest BCUT2D eigenvalue weighted by Crippen LogP contribution is 2.15. The van der Waals surface area contributed by atoms with Gasteiger partial charge in [0.15, 0.2) is 0 Å². The van der Waals surface area contributed by atoms with Gasteiger partial charge in [0, 0.05) is 6.61 Å². The maximum absolute atomic E-state index is 5.65. The Balaban J connectivity index is 2.19. The van der Waals surface area contributed by atoms with Crippen molar-refractivity contribution in [3.63, 3.8) is 0 Å². The van der Waals surface area contributed by atoms with Gasteiger partial charge in [-0.2, -0.15) is 0 Å². The van der Waals surface area contributed by atoms with Crippen LogP contribution in [0.2, 0.25) is 0 Å². The molecule has 0 spiro atoms. The molecule has 1 nitrogen and oxygen atoms in total. The van der Waals surface area contributed by atoms with Gasteiger partial charge in [-0.25, -0.2) is 0 Å². The molecule has 0 aliphatic heterocycles. The van der Waals surface area contributed by atoms with Crippen molar-refractivity contribution in [3.05, 3.63) is 23.8 Å². The second kappa shape index (κ2) is 5.15. The maximum Gasteiger partial charge on any atom is 0.0793 e. The van der Waals surface area contributed by atoms with E-state index in [9.17, 15) is 0 Å². The number of hydrogen-bond acceptors (Lipinski definition) is 1. The van der Waals surface area contributed by atoms with E-state index in [1.807, 2.05) is 0 Å². The largest absolute Gasteiger partial charge is 0.374 e. The topological polar surface area (TPSA) is 9.23 Å². The van der Waals surface area contributed by atoms with Gasteiger partial charge in [-0.1, -0.05) is 31.6 Å². The van der Waals surface area contributed by atoms with E-state index in [1.54, 1.807) is 0 Å². The first-order valence-corrected chi connectivity index (χ1v) is 4.82. The maximum atomic E-state index is 5.65. The van der Waals surface area contributed by atoms with Crippen molar-refractivity contribution in [3.8, 4) is 0 Å². The van der Waals surface area contributed by atoms with Crippen LogP contribution in [0.1, 0.15) is 33.1 Å². The first-order chi connectivity index (χ1) is 5.84. The number of hydrogen-bond donors (Lipinski definition) is 0. The highest BCUT2D eigenvalue weighted by atomic mass is 16.5. The van der Waals surface area contributed by atoms with Gasteiger partial charge in [-0.3, -0.25) is 0 Å². The molecule has 0 bridgehead atoms. The van der Waals surface area contributed by atoms with Gasteiger partial charge in [0.1, 0.15) is 0 Å². The molecule has 0 saturated heterocycles. The van der Waals surface area contributed by atoms with E-state index in [0.717, 1.165) is 13.0 Å². The number of unbranched alkanes of at least 4 members (excludes halogenated alkanes) is 1.